The molecule has 1 unspecified atom stereocenters. The summed E-state index contributed by atoms with van der Waals surface area (Å²) in [7, 11) is 0. The van der Waals surface area contributed by atoms with Crippen molar-refractivity contribution in [1.82, 2.24) is 10.2 Å². The molecule has 6 heteroatoms. The molecule has 20 heavy (non-hydrogen) atoms. The molecular formula is C14H24N2O4. The lowest BCUT2D eigenvalue weighted by molar-refractivity contribution is -0.141. The summed E-state index contributed by atoms with van der Waals surface area (Å²) >= 11 is 0. The maximum absolute atomic E-state index is 12.2. The van der Waals surface area contributed by atoms with Crippen LogP contribution in [0, 0.1) is 11.8 Å². The number of carbonyl (C=O) groups excluding carboxylic acids is 1. The summed E-state index contributed by atoms with van der Waals surface area (Å²) in [4.78, 5) is 24.6. The van der Waals surface area contributed by atoms with Crippen LogP contribution in [-0.2, 0) is 4.79 Å². The number of nitrogens with zero attached hydrogens (tertiary/aromatic N) is 1. The topological polar surface area (TPSA) is 89.9 Å². The molecular weight excluding hydrogens is 260 g/mol. The van der Waals surface area contributed by atoms with Gasteiger partial charge in [0.25, 0.3) is 0 Å². The SMILES string of the molecule is CC(O)(CNC(=O)N(CC1CC1)CC1CC1)CC(=O)O. The number of carboxylic acid groups (broad SMARTS) is 1. The van der Waals surface area contributed by atoms with Crippen LogP contribution in [0.1, 0.15) is 39.0 Å². The van der Waals surface area contributed by atoms with Gasteiger partial charge in [-0.3, -0.25) is 4.79 Å². The number of hydrogen-bond acceptors (Lipinski definition) is 3. The van der Waals surface area contributed by atoms with Gasteiger partial charge in [0.1, 0.15) is 0 Å². The fraction of sp³-hybridized carbons (Fsp3) is 0.857. The molecule has 0 bridgehead atoms. The van der Waals surface area contributed by atoms with E-state index >= 15 is 0 Å². The van der Waals surface area contributed by atoms with Crippen LogP contribution in [0.25, 0.3) is 0 Å². The van der Waals surface area contributed by atoms with Crippen molar-refractivity contribution >= 4 is 12.0 Å². The second kappa shape index (κ2) is 5.99. The molecule has 2 saturated carbocycles. The van der Waals surface area contributed by atoms with Gasteiger partial charge in [0.15, 0.2) is 0 Å². The minimum absolute atomic E-state index is 0.0377. The average Bonchev–Trinajstić information content (AvgIpc) is 3.17. The van der Waals surface area contributed by atoms with E-state index in [1.54, 1.807) is 0 Å². The Morgan fingerprint density at radius 2 is 1.70 bits per heavy atom. The van der Waals surface area contributed by atoms with Gasteiger partial charge in [-0.1, -0.05) is 0 Å². The molecule has 2 aliphatic carbocycles. The molecule has 2 amide bonds. The Kier molecular flexibility index (Phi) is 4.52. The first-order valence-electron chi connectivity index (χ1n) is 7.33. The van der Waals surface area contributed by atoms with Gasteiger partial charge in [0.05, 0.1) is 12.0 Å². The first-order valence-corrected chi connectivity index (χ1v) is 7.33. The molecule has 0 spiro atoms. The first kappa shape index (κ1) is 15.1. The van der Waals surface area contributed by atoms with Crippen LogP contribution in [0.5, 0.6) is 0 Å². The van der Waals surface area contributed by atoms with E-state index in [9.17, 15) is 14.7 Å². The van der Waals surface area contributed by atoms with E-state index < -0.39 is 11.6 Å². The number of urea groups is 1. The van der Waals surface area contributed by atoms with Crippen LogP contribution in [0.3, 0.4) is 0 Å². The molecule has 2 rings (SSSR count). The van der Waals surface area contributed by atoms with Crippen molar-refractivity contribution in [2.75, 3.05) is 19.6 Å². The lowest BCUT2D eigenvalue weighted by Gasteiger charge is -2.26. The fourth-order valence-electron chi connectivity index (χ4n) is 2.23. The van der Waals surface area contributed by atoms with Crippen molar-refractivity contribution in [3.05, 3.63) is 0 Å². The third-order valence-electron chi connectivity index (χ3n) is 3.79. The average molecular weight is 284 g/mol. The number of aliphatic hydroxyl groups is 1. The molecule has 2 fully saturated rings. The third kappa shape index (κ3) is 5.36. The van der Waals surface area contributed by atoms with Gasteiger partial charge in [0.2, 0.25) is 0 Å². The van der Waals surface area contributed by atoms with E-state index in [2.05, 4.69) is 5.32 Å². The summed E-state index contributed by atoms with van der Waals surface area (Å²) in [5.74, 6) is 0.176. The number of nitrogens with one attached hydrogen (secondary N) is 1. The highest BCUT2D eigenvalue weighted by atomic mass is 16.4. The molecule has 2 aliphatic rings. The zero-order valence-electron chi connectivity index (χ0n) is 12.0. The standard InChI is InChI=1S/C14H24N2O4/c1-14(20,6-12(17)18)9-15-13(19)16(7-10-2-3-10)8-11-4-5-11/h10-11,20H,2-9H2,1H3,(H,15,19)(H,17,18). The van der Waals surface area contributed by atoms with Gasteiger partial charge in [-0.15, -0.1) is 0 Å². The van der Waals surface area contributed by atoms with Crippen molar-refractivity contribution < 1.29 is 19.8 Å². The zero-order chi connectivity index (χ0) is 14.8. The summed E-state index contributed by atoms with van der Waals surface area (Å²) in [6.07, 6.45) is 4.37. The van der Waals surface area contributed by atoms with Crippen LogP contribution in [0.2, 0.25) is 0 Å². The van der Waals surface area contributed by atoms with Crippen molar-refractivity contribution in [2.24, 2.45) is 11.8 Å². The molecule has 0 aromatic heterocycles. The molecule has 0 saturated heterocycles. The van der Waals surface area contributed by atoms with Crippen LogP contribution in [0.4, 0.5) is 4.79 Å². The molecule has 114 valence electrons. The molecule has 0 radical (unpaired) electrons. The quantitative estimate of drug-likeness (QED) is 0.621. The van der Waals surface area contributed by atoms with Crippen LogP contribution in [-0.4, -0.2) is 52.3 Å². The summed E-state index contributed by atoms with van der Waals surface area (Å²) in [6, 6.07) is -0.186. The Balaban J connectivity index is 1.78. The molecule has 0 heterocycles. The lowest BCUT2D eigenvalue weighted by Crippen LogP contribution is -2.48. The van der Waals surface area contributed by atoms with E-state index in [1.165, 1.54) is 32.6 Å². The van der Waals surface area contributed by atoms with Gasteiger partial charge in [-0.25, -0.2) is 4.79 Å². The normalized spacial score (nSPS) is 21.1. The van der Waals surface area contributed by atoms with Gasteiger partial charge < -0.3 is 20.4 Å². The molecule has 0 aliphatic heterocycles. The lowest BCUT2D eigenvalue weighted by atomic mass is 10.0. The number of aliphatic carboxylic acids is 1. The monoisotopic (exact) mass is 284 g/mol. The molecule has 0 aromatic carbocycles. The van der Waals surface area contributed by atoms with Crippen molar-refractivity contribution in [1.29, 1.82) is 0 Å². The highest BCUT2D eigenvalue weighted by Crippen LogP contribution is 2.33. The van der Waals surface area contributed by atoms with Gasteiger partial charge >= 0.3 is 12.0 Å². The Labute approximate surface area is 119 Å². The largest absolute Gasteiger partial charge is 0.481 e. The summed E-state index contributed by atoms with van der Waals surface area (Å²) in [5.41, 5.74) is -1.41. The molecule has 6 nitrogen and oxygen atoms in total. The Morgan fingerprint density at radius 3 is 2.10 bits per heavy atom. The summed E-state index contributed by atoms with van der Waals surface area (Å²) < 4.78 is 0. The van der Waals surface area contributed by atoms with Gasteiger partial charge in [-0.2, -0.15) is 0 Å². The number of carbonyl (C=O) groups is 2. The fourth-order valence-corrected chi connectivity index (χ4v) is 2.23. The molecule has 3 N–H and O–H groups in total. The number of carboxylic acids is 1. The van der Waals surface area contributed by atoms with Gasteiger partial charge in [-0.05, 0) is 44.4 Å². The smallest absolute Gasteiger partial charge is 0.317 e. The van der Waals surface area contributed by atoms with E-state index in [-0.39, 0.29) is 19.0 Å². The Hall–Kier alpha value is -1.30. The van der Waals surface area contributed by atoms with Crippen molar-refractivity contribution in [3.63, 3.8) is 0 Å². The predicted octanol–water partition coefficient (Wildman–Crippen LogP) is 1.04. The van der Waals surface area contributed by atoms with Crippen LogP contribution < -0.4 is 5.32 Å². The molecule has 0 aromatic rings. The van der Waals surface area contributed by atoms with E-state index in [4.69, 9.17) is 5.11 Å². The van der Waals surface area contributed by atoms with E-state index in [0.29, 0.717) is 11.8 Å². The minimum Gasteiger partial charge on any atom is -0.481 e. The van der Waals surface area contributed by atoms with Crippen LogP contribution >= 0.6 is 0 Å². The number of amides is 2. The third-order valence-corrected chi connectivity index (χ3v) is 3.79. The highest BCUT2D eigenvalue weighted by Gasteiger charge is 2.32. The minimum atomic E-state index is -1.41. The highest BCUT2D eigenvalue weighted by molar-refractivity contribution is 5.74. The summed E-state index contributed by atoms with van der Waals surface area (Å²) in [6.45, 7) is 2.95. The Morgan fingerprint density at radius 1 is 1.20 bits per heavy atom. The number of rotatable bonds is 8. The maximum Gasteiger partial charge on any atom is 0.317 e. The van der Waals surface area contributed by atoms with Crippen molar-refractivity contribution in [3.8, 4) is 0 Å². The van der Waals surface area contributed by atoms with Gasteiger partial charge in [0, 0.05) is 19.6 Å². The maximum atomic E-state index is 12.2. The van der Waals surface area contributed by atoms with E-state index in [0.717, 1.165) is 13.1 Å². The van der Waals surface area contributed by atoms with Crippen LogP contribution in [0.15, 0.2) is 0 Å². The Bertz CT molecular complexity index is 361. The number of hydrogen-bond donors (Lipinski definition) is 3. The first-order chi connectivity index (χ1) is 9.35. The summed E-state index contributed by atoms with van der Waals surface area (Å²) in [5, 5.41) is 21.3. The second-order valence-electron chi connectivity index (χ2n) is 6.52. The van der Waals surface area contributed by atoms with Crippen molar-refractivity contribution in [2.45, 2.75) is 44.6 Å². The second-order valence-corrected chi connectivity index (χ2v) is 6.52. The predicted molar refractivity (Wildman–Crippen MR) is 73.3 cm³/mol. The van der Waals surface area contributed by atoms with E-state index in [1.807, 2.05) is 4.90 Å². The molecule has 1 atom stereocenters. The zero-order valence-corrected chi connectivity index (χ0v) is 12.0.